The van der Waals surface area contributed by atoms with Gasteiger partial charge in [0.1, 0.15) is 24.7 Å². The number of ether oxygens (including phenoxy) is 1. The number of hydrogen-bond acceptors (Lipinski definition) is 5. The molecule has 0 spiro atoms. The van der Waals surface area contributed by atoms with Crippen LogP contribution in [0.4, 0.5) is 14.9 Å². The van der Waals surface area contributed by atoms with E-state index in [1.807, 2.05) is 0 Å². The Hall–Kier alpha value is -3.14. The number of thioether (sulfide) groups is 1. The summed E-state index contributed by atoms with van der Waals surface area (Å²) in [5.74, 6) is -1.09. The van der Waals surface area contributed by atoms with E-state index in [0.717, 1.165) is 16.7 Å². The largest absolute Gasteiger partial charge is 0.489 e. The third-order valence-corrected chi connectivity index (χ3v) is 6.88. The van der Waals surface area contributed by atoms with Gasteiger partial charge in [0.25, 0.3) is 11.1 Å². The second kappa shape index (κ2) is 11.1. The van der Waals surface area contributed by atoms with E-state index >= 15 is 0 Å². The fourth-order valence-electron chi connectivity index (χ4n) is 3.20. The minimum absolute atomic E-state index is 0.0713. The Morgan fingerprint density at radius 1 is 1.11 bits per heavy atom. The van der Waals surface area contributed by atoms with Crippen molar-refractivity contribution in [2.45, 2.75) is 6.61 Å². The molecule has 3 amide bonds. The molecule has 3 aromatic carbocycles. The Morgan fingerprint density at radius 2 is 1.89 bits per heavy atom. The SMILES string of the molecule is O=C(CN1C(=O)S/C(=C/c2cccc(OCc3c(F)cccc3Cl)c2)C1=O)Nc1ccccc1Br. The molecule has 0 unspecified atom stereocenters. The average molecular weight is 576 g/mol. The van der Waals surface area contributed by atoms with Crippen molar-refractivity contribution in [1.29, 1.82) is 0 Å². The zero-order chi connectivity index (χ0) is 24.9. The highest BCUT2D eigenvalue weighted by molar-refractivity contribution is 9.10. The van der Waals surface area contributed by atoms with Gasteiger partial charge in [-0.2, -0.15) is 0 Å². The molecular formula is C25H17BrClFN2O4S. The first-order valence-corrected chi connectivity index (χ1v) is 12.3. The van der Waals surface area contributed by atoms with Crippen LogP contribution in [-0.4, -0.2) is 28.5 Å². The normalized spacial score (nSPS) is 14.5. The van der Waals surface area contributed by atoms with Gasteiger partial charge < -0.3 is 10.1 Å². The van der Waals surface area contributed by atoms with Crippen LogP contribution in [0, 0.1) is 5.82 Å². The molecule has 0 saturated carbocycles. The van der Waals surface area contributed by atoms with E-state index in [-0.39, 0.29) is 22.1 Å². The lowest BCUT2D eigenvalue weighted by Gasteiger charge is -2.13. The third kappa shape index (κ3) is 6.11. The number of carbonyl (C=O) groups excluding carboxylic acids is 3. The van der Waals surface area contributed by atoms with Crippen molar-refractivity contribution in [2.24, 2.45) is 0 Å². The molecule has 0 aromatic heterocycles. The summed E-state index contributed by atoms with van der Waals surface area (Å²) in [5.41, 5.74) is 1.38. The predicted octanol–water partition coefficient (Wildman–Crippen LogP) is 6.50. The van der Waals surface area contributed by atoms with Crippen LogP contribution in [0.5, 0.6) is 5.75 Å². The number of halogens is 3. The summed E-state index contributed by atoms with van der Waals surface area (Å²) >= 11 is 10.1. The van der Waals surface area contributed by atoms with Crippen LogP contribution in [0.1, 0.15) is 11.1 Å². The summed E-state index contributed by atoms with van der Waals surface area (Å²) in [6.07, 6.45) is 1.54. The Balaban J connectivity index is 1.42. The average Bonchev–Trinajstić information content (AvgIpc) is 3.08. The molecule has 1 aliphatic rings. The van der Waals surface area contributed by atoms with Crippen molar-refractivity contribution in [2.75, 3.05) is 11.9 Å². The van der Waals surface area contributed by atoms with Gasteiger partial charge in [0.05, 0.1) is 15.6 Å². The van der Waals surface area contributed by atoms with Crippen molar-refractivity contribution in [3.63, 3.8) is 0 Å². The summed E-state index contributed by atoms with van der Waals surface area (Å²) in [6.45, 7) is -0.478. The highest BCUT2D eigenvalue weighted by atomic mass is 79.9. The van der Waals surface area contributed by atoms with Crippen LogP contribution >= 0.6 is 39.3 Å². The molecule has 1 heterocycles. The van der Waals surface area contributed by atoms with E-state index in [9.17, 15) is 18.8 Å². The quantitative estimate of drug-likeness (QED) is 0.326. The zero-order valence-corrected chi connectivity index (χ0v) is 21.1. The fourth-order valence-corrected chi connectivity index (χ4v) is 4.64. The number of benzene rings is 3. The van der Waals surface area contributed by atoms with Gasteiger partial charge in [0.2, 0.25) is 5.91 Å². The molecule has 1 fully saturated rings. The van der Waals surface area contributed by atoms with Gasteiger partial charge in [-0.05, 0) is 75.7 Å². The molecule has 178 valence electrons. The minimum Gasteiger partial charge on any atom is -0.489 e. The molecule has 35 heavy (non-hydrogen) atoms. The van der Waals surface area contributed by atoms with Crippen LogP contribution in [-0.2, 0) is 16.2 Å². The van der Waals surface area contributed by atoms with Gasteiger partial charge in [-0.25, -0.2) is 4.39 Å². The lowest BCUT2D eigenvalue weighted by atomic mass is 10.2. The maximum absolute atomic E-state index is 14.0. The van der Waals surface area contributed by atoms with Crippen molar-refractivity contribution in [1.82, 2.24) is 4.90 Å². The van der Waals surface area contributed by atoms with E-state index in [2.05, 4.69) is 21.2 Å². The monoisotopic (exact) mass is 574 g/mol. The Morgan fingerprint density at radius 3 is 2.66 bits per heavy atom. The molecule has 0 radical (unpaired) electrons. The lowest BCUT2D eigenvalue weighted by molar-refractivity contribution is -0.127. The van der Waals surface area contributed by atoms with Crippen molar-refractivity contribution in [3.8, 4) is 5.75 Å². The van der Waals surface area contributed by atoms with E-state index in [0.29, 0.717) is 21.5 Å². The number of carbonyl (C=O) groups is 3. The number of para-hydroxylation sites is 1. The maximum Gasteiger partial charge on any atom is 0.294 e. The summed E-state index contributed by atoms with van der Waals surface area (Å²) in [6, 6.07) is 18.2. The van der Waals surface area contributed by atoms with Gasteiger partial charge in [0.15, 0.2) is 0 Å². The maximum atomic E-state index is 14.0. The van der Waals surface area contributed by atoms with Gasteiger partial charge in [-0.3, -0.25) is 19.3 Å². The van der Waals surface area contributed by atoms with Crippen molar-refractivity contribution < 1.29 is 23.5 Å². The van der Waals surface area contributed by atoms with E-state index in [1.165, 1.54) is 12.1 Å². The van der Waals surface area contributed by atoms with Crippen molar-refractivity contribution in [3.05, 3.63) is 98.1 Å². The second-order valence-electron chi connectivity index (χ2n) is 7.36. The number of imide groups is 1. The van der Waals surface area contributed by atoms with E-state index in [4.69, 9.17) is 16.3 Å². The first-order chi connectivity index (χ1) is 16.8. The highest BCUT2D eigenvalue weighted by Crippen LogP contribution is 2.33. The standard InChI is InChI=1S/C25H17BrClFN2O4S/c26-18-7-1-2-10-21(18)29-23(31)13-30-24(32)22(35-25(30)33)12-15-5-3-6-16(11-15)34-14-17-19(27)8-4-9-20(17)28/h1-12H,13-14H2,(H,29,31)/b22-12+. The third-order valence-electron chi connectivity index (χ3n) is 4.92. The molecular weight excluding hydrogens is 559 g/mol. The summed E-state index contributed by atoms with van der Waals surface area (Å²) in [7, 11) is 0. The van der Waals surface area contributed by atoms with E-state index in [1.54, 1.807) is 60.7 Å². The van der Waals surface area contributed by atoms with Gasteiger partial charge in [0, 0.05) is 10.0 Å². The molecule has 6 nitrogen and oxygen atoms in total. The van der Waals surface area contributed by atoms with Crippen LogP contribution in [0.15, 0.2) is 76.1 Å². The number of anilines is 1. The second-order valence-corrected chi connectivity index (χ2v) is 9.61. The molecule has 0 aliphatic carbocycles. The Kier molecular flexibility index (Phi) is 7.90. The topological polar surface area (TPSA) is 75.7 Å². The van der Waals surface area contributed by atoms with Gasteiger partial charge in [-0.15, -0.1) is 0 Å². The Labute approximate surface area is 218 Å². The molecule has 1 aliphatic heterocycles. The van der Waals surface area contributed by atoms with Gasteiger partial charge in [-0.1, -0.05) is 41.9 Å². The Bertz CT molecular complexity index is 1330. The molecule has 3 aromatic rings. The molecule has 0 atom stereocenters. The van der Waals surface area contributed by atoms with Crippen LogP contribution in [0.2, 0.25) is 5.02 Å². The first kappa shape index (κ1) is 25.0. The number of rotatable bonds is 7. The minimum atomic E-state index is -0.563. The summed E-state index contributed by atoms with van der Waals surface area (Å²) < 4.78 is 20.3. The fraction of sp³-hybridized carbons (Fsp3) is 0.0800. The van der Waals surface area contributed by atoms with Crippen LogP contribution in [0.3, 0.4) is 0 Å². The molecule has 4 rings (SSSR count). The highest BCUT2D eigenvalue weighted by Gasteiger charge is 2.36. The predicted molar refractivity (Wildman–Crippen MR) is 138 cm³/mol. The summed E-state index contributed by atoms with van der Waals surface area (Å²) in [5, 5.41) is 2.40. The van der Waals surface area contributed by atoms with Crippen LogP contribution < -0.4 is 10.1 Å². The number of nitrogens with zero attached hydrogens (tertiary/aromatic N) is 1. The smallest absolute Gasteiger partial charge is 0.294 e. The van der Waals surface area contributed by atoms with E-state index < -0.39 is 29.4 Å². The zero-order valence-electron chi connectivity index (χ0n) is 18.0. The lowest BCUT2D eigenvalue weighted by Crippen LogP contribution is -2.36. The molecule has 10 heteroatoms. The molecule has 0 bridgehead atoms. The van der Waals surface area contributed by atoms with Crippen LogP contribution in [0.25, 0.3) is 6.08 Å². The molecule has 1 saturated heterocycles. The number of amides is 3. The number of hydrogen-bond donors (Lipinski definition) is 1. The summed E-state index contributed by atoms with van der Waals surface area (Å²) in [4.78, 5) is 38.7. The first-order valence-electron chi connectivity index (χ1n) is 10.3. The molecule has 1 N–H and O–H groups in total. The number of nitrogens with one attached hydrogen (secondary N) is 1. The van der Waals surface area contributed by atoms with Gasteiger partial charge >= 0.3 is 0 Å². The van der Waals surface area contributed by atoms with Crippen molar-refractivity contribution >= 4 is 68.1 Å².